The highest BCUT2D eigenvalue weighted by Crippen LogP contribution is 2.22. The second-order valence-corrected chi connectivity index (χ2v) is 7.61. The van der Waals surface area contributed by atoms with Gasteiger partial charge in [-0.15, -0.1) is 0 Å². The summed E-state index contributed by atoms with van der Waals surface area (Å²) in [6.07, 6.45) is 4.25. The van der Waals surface area contributed by atoms with Gasteiger partial charge in [-0.05, 0) is 43.3 Å². The Morgan fingerprint density at radius 1 is 0.905 bits per heavy atom. The Labute approximate surface area is 141 Å². The van der Waals surface area contributed by atoms with Gasteiger partial charge in [-0.25, -0.2) is 0 Å². The van der Waals surface area contributed by atoms with E-state index in [2.05, 4.69) is 103 Å². The van der Waals surface area contributed by atoms with Crippen molar-refractivity contribution in [3.8, 4) is 0 Å². The lowest BCUT2D eigenvalue weighted by Crippen LogP contribution is -2.37. The van der Waals surface area contributed by atoms with Crippen LogP contribution in [-0.2, 0) is 6.54 Å². The predicted molar refractivity (Wildman–Crippen MR) is 95.5 cm³/mol. The molecule has 0 unspecified atom stereocenters. The number of hydrogen-bond acceptors (Lipinski definition) is 0. The summed E-state index contributed by atoms with van der Waals surface area (Å²) in [6.45, 7) is 0.852. The van der Waals surface area contributed by atoms with Crippen LogP contribution in [0.4, 0.5) is 0 Å². The van der Waals surface area contributed by atoms with Crippen molar-refractivity contribution in [1.82, 2.24) is 0 Å². The van der Waals surface area contributed by atoms with Gasteiger partial charge in [0, 0.05) is 17.7 Å². The summed E-state index contributed by atoms with van der Waals surface area (Å²) >= 11 is 6.96. The topological polar surface area (TPSA) is 3.88 Å². The highest BCUT2D eigenvalue weighted by molar-refractivity contribution is 9.28. The van der Waals surface area contributed by atoms with E-state index in [1.54, 1.807) is 0 Å². The predicted octanol–water partition coefficient (Wildman–Crippen LogP) is 5.26. The van der Waals surface area contributed by atoms with Crippen molar-refractivity contribution in [3.63, 3.8) is 0 Å². The lowest BCUT2D eigenvalue weighted by Gasteiger charge is -2.05. The maximum absolute atomic E-state index is 3.48. The molecule has 0 saturated heterocycles. The molecule has 0 atom stereocenters. The number of halogens is 2. The van der Waals surface area contributed by atoms with Gasteiger partial charge in [0.2, 0.25) is 5.69 Å². The van der Waals surface area contributed by atoms with Crippen molar-refractivity contribution in [1.29, 1.82) is 0 Å². The quantitative estimate of drug-likeness (QED) is 0.525. The average Bonchev–Trinajstić information content (AvgIpc) is 2.50. The second-order valence-electron chi connectivity index (χ2n) is 4.84. The van der Waals surface area contributed by atoms with Gasteiger partial charge in [0.1, 0.15) is 0 Å². The minimum atomic E-state index is 0.852. The molecule has 2 aromatic carbocycles. The zero-order chi connectivity index (χ0) is 14.7. The molecule has 0 amide bonds. The van der Waals surface area contributed by atoms with Gasteiger partial charge in [-0.1, -0.05) is 48.5 Å². The molecule has 3 rings (SSSR count). The van der Waals surface area contributed by atoms with E-state index < -0.39 is 0 Å². The van der Waals surface area contributed by atoms with Crippen LogP contribution in [0.1, 0.15) is 11.3 Å². The zero-order valence-electron chi connectivity index (χ0n) is 11.3. The molecule has 0 aliphatic heterocycles. The summed E-state index contributed by atoms with van der Waals surface area (Å²) in [5.74, 6) is 0. The molecule has 0 bridgehead atoms. The van der Waals surface area contributed by atoms with E-state index in [1.165, 1.54) is 22.0 Å². The third-order valence-corrected chi connectivity index (χ3v) is 3.88. The first kappa shape index (κ1) is 14.5. The lowest BCUT2D eigenvalue weighted by molar-refractivity contribution is -0.688. The van der Waals surface area contributed by atoms with Gasteiger partial charge >= 0.3 is 0 Å². The number of nitrogens with zero attached hydrogens (tertiary/aromatic N) is 1. The van der Waals surface area contributed by atoms with E-state index in [0.29, 0.717) is 0 Å². The van der Waals surface area contributed by atoms with Crippen LogP contribution in [0.3, 0.4) is 0 Å². The fourth-order valence-corrected chi connectivity index (χ4v) is 2.90. The van der Waals surface area contributed by atoms with Crippen molar-refractivity contribution in [3.05, 3.63) is 81.5 Å². The van der Waals surface area contributed by atoms with Crippen LogP contribution < -0.4 is 4.57 Å². The minimum Gasteiger partial charge on any atom is -0.194 e. The second kappa shape index (κ2) is 6.54. The van der Waals surface area contributed by atoms with E-state index in [9.17, 15) is 0 Å². The summed E-state index contributed by atoms with van der Waals surface area (Å²) < 4.78 is 3.20. The first-order valence-corrected chi connectivity index (χ1v) is 8.30. The van der Waals surface area contributed by atoms with E-state index in [0.717, 1.165) is 9.94 Å². The highest BCUT2D eigenvalue weighted by Gasteiger charge is 2.13. The SMILES string of the molecule is BrC(Br)=Cc1c2ccccc2cc[n+]1Cc1ccccc1. The lowest BCUT2D eigenvalue weighted by atomic mass is 10.1. The Kier molecular flexibility index (Phi) is 4.51. The molecular weight excluding hydrogens is 390 g/mol. The maximum Gasteiger partial charge on any atom is 0.215 e. The number of rotatable bonds is 3. The average molecular weight is 404 g/mol. The standard InChI is InChI=1S/C18H14Br2N/c19-18(20)12-17-16-9-5-4-8-15(16)10-11-21(17)13-14-6-2-1-3-7-14/h1-12H,13H2/q+1. The van der Waals surface area contributed by atoms with Crippen LogP contribution in [0.25, 0.3) is 16.8 Å². The van der Waals surface area contributed by atoms with Gasteiger partial charge < -0.3 is 0 Å². The third-order valence-electron chi connectivity index (χ3n) is 3.42. The Bertz CT molecular complexity index is 791. The Hall–Kier alpha value is -1.45. The van der Waals surface area contributed by atoms with E-state index in [1.807, 2.05) is 6.07 Å². The molecule has 0 aliphatic rings. The van der Waals surface area contributed by atoms with Crippen LogP contribution in [0.2, 0.25) is 0 Å². The molecule has 0 aliphatic carbocycles. The summed E-state index contributed by atoms with van der Waals surface area (Å²) in [4.78, 5) is 0. The monoisotopic (exact) mass is 402 g/mol. The molecule has 104 valence electrons. The highest BCUT2D eigenvalue weighted by atomic mass is 79.9. The fraction of sp³-hybridized carbons (Fsp3) is 0.0556. The minimum absolute atomic E-state index is 0.852. The van der Waals surface area contributed by atoms with Gasteiger partial charge in [-0.3, -0.25) is 0 Å². The largest absolute Gasteiger partial charge is 0.215 e. The molecule has 1 nitrogen and oxygen atoms in total. The van der Waals surface area contributed by atoms with Crippen LogP contribution in [0.5, 0.6) is 0 Å². The molecule has 0 fully saturated rings. The van der Waals surface area contributed by atoms with Crippen LogP contribution in [-0.4, -0.2) is 0 Å². The van der Waals surface area contributed by atoms with Crippen LogP contribution in [0.15, 0.2) is 70.3 Å². The molecule has 21 heavy (non-hydrogen) atoms. The number of benzene rings is 2. The maximum atomic E-state index is 3.48. The van der Waals surface area contributed by atoms with Crippen LogP contribution in [0, 0.1) is 0 Å². The Morgan fingerprint density at radius 2 is 1.62 bits per heavy atom. The molecule has 0 N–H and O–H groups in total. The van der Waals surface area contributed by atoms with Crippen molar-refractivity contribution in [2.75, 3.05) is 0 Å². The number of aromatic nitrogens is 1. The van der Waals surface area contributed by atoms with Gasteiger partial charge in [0.25, 0.3) is 0 Å². The summed E-state index contributed by atoms with van der Waals surface area (Å²) in [6, 6.07) is 21.1. The molecule has 1 heterocycles. The zero-order valence-corrected chi connectivity index (χ0v) is 14.5. The Balaban J connectivity index is 2.15. The van der Waals surface area contributed by atoms with E-state index in [-0.39, 0.29) is 0 Å². The van der Waals surface area contributed by atoms with E-state index in [4.69, 9.17) is 0 Å². The molecule has 3 heteroatoms. The molecular formula is C18H14Br2N+. The molecule has 1 aromatic heterocycles. The van der Waals surface area contributed by atoms with Gasteiger partial charge in [0.05, 0.1) is 8.78 Å². The van der Waals surface area contributed by atoms with Crippen molar-refractivity contribution < 1.29 is 4.57 Å². The van der Waals surface area contributed by atoms with E-state index >= 15 is 0 Å². The number of fused-ring (bicyclic) bond motifs is 1. The Morgan fingerprint density at radius 3 is 2.38 bits per heavy atom. The van der Waals surface area contributed by atoms with Gasteiger partial charge in [-0.2, -0.15) is 4.57 Å². The van der Waals surface area contributed by atoms with Crippen molar-refractivity contribution in [2.24, 2.45) is 0 Å². The summed E-state index contributed by atoms with van der Waals surface area (Å²) in [5.41, 5.74) is 2.47. The normalized spacial score (nSPS) is 10.6. The molecule has 3 aromatic rings. The smallest absolute Gasteiger partial charge is 0.194 e. The molecule has 0 spiro atoms. The summed E-state index contributed by atoms with van der Waals surface area (Å²) in [7, 11) is 0. The summed E-state index contributed by atoms with van der Waals surface area (Å²) in [5, 5.41) is 2.49. The van der Waals surface area contributed by atoms with Gasteiger partial charge in [0.15, 0.2) is 12.7 Å². The first-order valence-electron chi connectivity index (χ1n) is 6.72. The number of hydrogen-bond donors (Lipinski definition) is 0. The van der Waals surface area contributed by atoms with Crippen molar-refractivity contribution >= 4 is 48.7 Å². The first-order chi connectivity index (χ1) is 10.2. The fourth-order valence-electron chi connectivity index (χ4n) is 2.46. The third kappa shape index (κ3) is 3.42. The van der Waals surface area contributed by atoms with Crippen molar-refractivity contribution in [2.45, 2.75) is 6.54 Å². The number of pyridine rings is 1. The van der Waals surface area contributed by atoms with Crippen LogP contribution >= 0.6 is 31.9 Å². The molecule has 0 saturated carbocycles. The molecule has 0 radical (unpaired) electrons.